The van der Waals surface area contributed by atoms with Crippen LogP contribution in [0, 0.1) is 23.1 Å². The van der Waals surface area contributed by atoms with Gasteiger partial charge in [-0.1, -0.05) is 6.07 Å². The number of halogens is 1. The molecule has 5 heteroatoms. The van der Waals surface area contributed by atoms with E-state index in [2.05, 4.69) is 4.90 Å². The third-order valence-electron chi connectivity index (χ3n) is 3.92. The summed E-state index contributed by atoms with van der Waals surface area (Å²) in [7, 11) is 0. The molecule has 1 heterocycles. The Hall–Kier alpha value is -1.93. The van der Waals surface area contributed by atoms with Crippen molar-refractivity contribution in [1.82, 2.24) is 4.90 Å². The molecule has 0 bridgehead atoms. The van der Waals surface area contributed by atoms with Crippen LogP contribution in [0.2, 0.25) is 0 Å². The van der Waals surface area contributed by atoms with E-state index in [1.165, 1.54) is 6.07 Å². The van der Waals surface area contributed by atoms with Crippen LogP contribution in [-0.2, 0) is 11.3 Å². The fourth-order valence-corrected chi connectivity index (χ4v) is 2.64. The van der Waals surface area contributed by atoms with Gasteiger partial charge in [-0.25, -0.2) is 4.39 Å². The maximum atomic E-state index is 13.9. The van der Waals surface area contributed by atoms with Crippen LogP contribution in [-0.4, -0.2) is 28.6 Å². The van der Waals surface area contributed by atoms with Gasteiger partial charge in [-0.15, -0.1) is 0 Å². The number of hydrogen-bond donors (Lipinski definition) is 1. The van der Waals surface area contributed by atoms with Gasteiger partial charge in [0.1, 0.15) is 5.82 Å². The molecular weight excluding hydrogens is 259 g/mol. The second-order valence-corrected chi connectivity index (χ2v) is 5.30. The van der Waals surface area contributed by atoms with Crippen molar-refractivity contribution in [3.05, 3.63) is 35.1 Å². The predicted molar refractivity (Wildman–Crippen MR) is 71.3 cm³/mol. The van der Waals surface area contributed by atoms with Gasteiger partial charge in [0.2, 0.25) is 0 Å². The molecule has 1 aromatic carbocycles. The van der Waals surface area contributed by atoms with Crippen molar-refractivity contribution in [3.63, 3.8) is 0 Å². The van der Waals surface area contributed by atoms with Crippen molar-refractivity contribution in [1.29, 1.82) is 5.26 Å². The lowest BCUT2D eigenvalue weighted by atomic mass is 9.91. The number of carboxylic acids is 1. The largest absolute Gasteiger partial charge is 0.481 e. The minimum Gasteiger partial charge on any atom is -0.481 e. The minimum absolute atomic E-state index is 0.111. The monoisotopic (exact) mass is 276 g/mol. The zero-order valence-corrected chi connectivity index (χ0v) is 11.3. The van der Waals surface area contributed by atoms with Crippen LogP contribution >= 0.6 is 0 Å². The minimum atomic E-state index is -0.749. The standard InChI is InChI=1S/C15H17FN2O2/c1-10-6-12(15(19)20)4-5-18(10)9-13-3-2-11(8-17)7-14(13)16/h2-3,7,10,12H,4-6,9H2,1H3,(H,19,20). The number of carboxylic acid groups (broad SMARTS) is 1. The summed E-state index contributed by atoms with van der Waals surface area (Å²) >= 11 is 0. The molecule has 1 saturated heterocycles. The maximum Gasteiger partial charge on any atom is 0.306 e. The van der Waals surface area contributed by atoms with E-state index >= 15 is 0 Å². The lowest BCUT2D eigenvalue weighted by Crippen LogP contribution is -2.42. The third kappa shape index (κ3) is 3.14. The lowest BCUT2D eigenvalue weighted by molar-refractivity contribution is -0.144. The van der Waals surface area contributed by atoms with Crippen LogP contribution < -0.4 is 0 Å². The van der Waals surface area contributed by atoms with Crippen LogP contribution in [0.1, 0.15) is 30.9 Å². The Labute approximate surface area is 117 Å². The molecule has 0 saturated carbocycles. The third-order valence-corrected chi connectivity index (χ3v) is 3.92. The van der Waals surface area contributed by atoms with Gasteiger partial charge in [-0.3, -0.25) is 9.69 Å². The lowest BCUT2D eigenvalue weighted by Gasteiger charge is -2.36. The van der Waals surface area contributed by atoms with Gasteiger partial charge < -0.3 is 5.11 Å². The van der Waals surface area contributed by atoms with Crippen LogP contribution in [0.5, 0.6) is 0 Å². The number of hydrogen-bond acceptors (Lipinski definition) is 3. The van der Waals surface area contributed by atoms with Gasteiger partial charge in [0.15, 0.2) is 0 Å². The van der Waals surface area contributed by atoms with Crippen LogP contribution in [0.4, 0.5) is 4.39 Å². The highest BCUT2D eigenvalue weighted by Crippen LogP contribution is 2.25. The van der Waals surface area contributed by atoms with Crippen molar-refractivity contribution >= 4 is 5.97 Å². The second kappa shape index (κ2) is 6.02. The fourth-order valence-electron chi connectivity index (χ4n) is 2.64. The number of aliphatic carboxylic acids is 1. The van der Waals surface area contributed by atoms with Gasteiger partial charge in [0.25, 0.3) is 0 Å². The Bertz CT molecular complexity index is 553. The first kappa shape index (κ1) is 14.5. The van der Waals surface area contributed by atoms with E-state index in [4.69, 9.17) is 10.4 Å². The normalized spacial score (nSPS) is 23.2. The number of benzene rings is 1. The van der Waals surface area contributed by atoms with Crippen molar-refractivity contribution in [2.45, 2.75) is 32.4 Å². The molecule has 0 amide bonds. The second-order valence-electron chi connectivity index (χ2n) is 5.30. The first-order valence-electron chi connectivity index (χ1n) is 6.66. The van der Waals surface area contributed by atoms with Crippen LogP contribution in [0.3, 0.4) is 0 Å². The Morgan fingerprint density at radius 2 is 2.35 bits per heavy atom. The van der Waals surface area contributed by atoms with E-state index in [1.54, 1.807) is 12.1 Å². The zero-order chi connectivity index (χ0) is 14.7. The molecule has 1 N–H and O–H groups in total. The fraction of sp³-hybridized carbons (Fsp3) is 0.467. The first-order valence-corrected chi connectivity index (χ1v) is 6.66. The van der Waals surface area contributed by atoms with Gasteiger partial charge in [0.05, 0.1) is 17.6 Å². The average molecular weight is 276 g/mol. The van der Waals surface area contributed by atoms with Crippen molar-refractivity contribution in [2.75, 3.05) is 6.54 Å². The number of rotatable bonds is 3. The molecule has 0 spiro atoms. The smallest absolute Gasteiger partial charge is 0.306 e. The maximum absolute atomic E-state index is 13.9. The molecule has 2 unspecified atom stereocenters. The number of piperidine rings is 1. The summed E-state index contributed by atoms with van der Waals surface area (Å²) in [4.78, 5) is 13.1. The van der Waals surface area contributed by atoms with E-state index in [0.717, 1.165) is 0 Å². The summed E-state index contributed by atoms with van der Waals surface area (Å²) in [5.41, 5.74) is 0.855. The SMILES string of the molecule is CC1CC(C(=O)O)CCN1Cc1ccc(C#N)cc1F. The molecule has 1 aromatic rings. The number of carbonyl (C=O) groups is 1. The van der Waals surface area contributed by atoms with E-state index in [0.29, 0.717) is 37.1 Å². The molecule has 0 radical (unpaired) electrons. The summed E-state index contributed by atoms with van der Waals surface area (Å²) in [6, 6.07) is 6.49. The number of nitriles is 1. The molecule has 20 heavy (non-hydrogen) atoms. The molecule has 0 aliphatic carbocycles. The average Bonchev–Trinajstić information content (AvgIpc) is 2.42. The highest BCUT2D eigenvalue weighted by atomic mass is 19.1. The van der Waals surface area contributed by atoms with Crippen molar-refractivity contribution in [3.8, 4) is 6.07 Å². The highest BCUT2D eigenvalue weighted by molar-refractivity contribution is 5.70. The molecule has 2 atom stereocenters. The summed E-state index contributed by atoms with van der Waals surface area (Å²) in [5, 5.41) is 17.7. The van der Waals surface area contributed by atoms with Gasteiger partial charge in [0, 0.05) is 18.2 Å². The number of likely N-dealkylation sites (tertiary alicyclic amines) is 1. The van der Waals surface area contributed by atoms with E-state index in [-0.39, 0.29) is 17.8 Å². The van der Waals surface area contributed by atoms with E-state index < -0.39 is 5.97 Å². The molecular formula is C15H17FN2O2. The Kier molecular flexibility index (Phi) is 4.35. The molecule has 2 rings (SSSR count). The Balaban J connectivity index is 2.04. The van der Waals surface area contributed by atoms with Crippen LogP contribution in [0.15, 0.2) is 18.2 Å². The molecule has 1 aliphatic rings. The summed E-state index contributed by atoms with van der Waals surface area (Å²) < 4.78 is 13.9. The van der Waals surface area contributed by atoms with Gasteiger partial charge in [-0.2, -0.15) is 5.26 Å². The first-order chi connectivity index (χ1) is 9.51. The van der Waals surface area contributed by atoms with E-state index in [9.17, 15) is 9.18 Å². The van der Waals surface area contributed by atoms with Gasteiger partial charge >= 0.3 is 5.97 Å². The highest BCUT2D eigenvalue weighted by Gasteiger charge is 2.29. The predicted octanol–water partition coefficient (Wildman–Crippen LogP) is 2.38. The van der Waals surface area contributed by atoms with Gasteiger partial charge in [-0.05, 0) is 38.4 Å². The summed E-state index contributed by atoms with van der Waals surface area (Å²) in [5.74, 6) is -1.43. The zero-order valence-electron chi connectivity index (χ0n) is 11.3. The molecule has 4 nitrogen and oxygen atoms in total. The Morgan fingerprint density at radius 1 is 1.60 bits per heavy atom. The summed E-state index contributed by atoms with van der Waals surface area (Å²) in [6.45, 7) is 3.07. The van der Waals surface area contributed by atoms with E-state index in [1.807, 2.05) is 13.0 Å². The molecule has 1 fully saturated rings. The topological polar surface area (TPSA) is 64.3 Å². The molecule has 106 valence electrons. The molecule has 0 aromatic heterocycles. The summed E-state index contributed by atoms with van der Waals surface area (Å²) in [6.07, 6.45) is 1.19. The van der Waals surface area contributed by atoms with Crippen molar-refractivity contribution < 1.29 is 14.3 Å². The number of nitrogens with zero attached hydrogens (tertiary/aromatic N) is 2. The van der Waals surface area contributed by atoms with Crippen LogP contribution in [0.25, 0.3) is 0 Å². The Morgan fingerprint density at radius 3 is 2.90 bits per heavy atom. The quantitative estimate of drug-likeness (QED) is 0.920. The molecule has 1 aliphatic heterocycles. The van der Waals surface area contributed by atoms with Crippen molar-refractivity contribution in [2.24, 2.45) is 5.92 Å².